The van der Waals surface area contributed by atoms with Crippen LogP contribution in [0.25, 0.3) is 0 Å². The molecule has 0 bridgehead atoms. The van der Waals surface area contributed by atoms with E-state index in [1.807, 2.05) is 0 Å². The zero-order chi connectivity index (χ0) is 15.2. The lowest BCUT2D eigenvalue weighted by Gasteiger charge is -2.30. The molecule has 1 aromatic carbocycles. The van der Waals surface area contributed by atoms with Gasteiger partial charge in [0.15, 0.2) is 4.58 Å². The lowest BCUT2D eigenvalue weighted by Crippen LogP contribution is -2.44. The fraction of sp³-hybridized carbons (Fsp3) is 0.154. The molecular weight excluding hydrogens is 333 g/mol. The molecule has 0 radical (unpaired) electrons. The van der Waals surface area contributed by atoms with Gasteiger partial charge in [-0.1, -0.05) is 12.1 Å². The summed E-state index contributed by atoms with van der Waals surface area (Å²) in [5, 5.41) is 1.67. The van der Waals surface area contributed by atoms with Crippen LogP contribution in [-0.4, -0.2) is 18.8 Å². The van der Waals surface area contributed by atoms with E-state index in [2.05, 4.69) is 12.6 Å². The Labute approximate surface area is 130 Å². The summed E-state index contributed by atoms with van der Waals surface area (Å²) in [5.41, 5.74) is 0.992. The first-order valence-electron chi connectivity index (χ1n) is 5.97. The Balaban J connectivity index is 2.06. The molecule has 0 fully saturated rings. The summed E-state index contributed by atoms with van der Waals surface area (Å²) < 4.78 is 37.5. The average Bonchev–Trinajstić information content (AvgIpc) is 2.93. The van der Waals surface area contributed by atoms with E-state index in [4.69, 9.17) is 0 Å². The number of nitrogens with zero attached hydrogens (tertiary/aromatic N) is 1. The van der Waals surface area contributed by atoms with Crippen molar-refractivity contribution in [3.05, 3.63) is 52.0 Å². The fourth-order valence-corrected chi connectivity index (χ4v) is 5.06. The predicted octanol–water partition coefficient (Wildman–Crippen LogP) is 2.68. The summed E-state index contributed by atoms with van der Waals surface area (Å²) >= 11 is 5.14. The number of anilines is 1. The minimum Gasteiger partial charge on any atom is -0.291 e. The van der Waals surface area contributed by atoms with Gasteiger partial charge < -0.3 is 0 Å². The number of thiol groups is 1. The second-order valence-corrected chi connectivity index (χ2v) is 8.25. The SMILES string of the molecule is O=C1c2sccc2N(Cc2ccc(F)cc2)S(=O)(=O)[C@H]1S. The largest absolute Gasteiger partial charge is 0.291 e. The van der Waals surface area contributed by atoms with Crippen LogP contribution in [-0.2, 0) is 16.6 Å². The zero-order valence-corrected chi connectivity index (χ0v) is 13.1. The molecule has 0 saturated carbocycles. The quantitative estimate of drug-likeness (QED) is 0.853. The summed E-state index contributed by atoms with van der Waals surface area (Å²) in [4.78, 5) is 12.4. The van der Waals surface area contributed by atoms with E-state index in [0.717, 1.165) is 4.31 Å². The molecule has 110 valence electrons. The second-order valence-electron chi connectivity index (χ2n) is 4.53. The number of carbonyl (C=O) groups is 1. The third-order valence-corrected chi connectivity index (χ3v) is 6.86. The van der Waals surface area contributed by atoms with Gasteiger partial charge in [0.25, 0.3) is 10.0 Å². The van der Waals surface area contributed by atoms with Crippen molar-refractivity contribution in [3.8, 4) is 0 Å². The average molecular weight is 343 g/mol. The van der Waals surface area contributed by atoms with E-state index in [9.17, 15) is 17.6 Å². The van der Waals surface area contributed by atoms with Crippen molar-refractivity contribution >= 4 is 45.5 Å². The van der Waals surface area contributed by atoms with E-state index >= 15 is 0 Å². The normalized spacial score (nSPS) is 20.4. The lowest BCUT2D eigenvalue weighted by atomic mass is 10.2. The number of carbonyl (C=O) groups excluding carboxylic acids is 1. The number of ketones is 1. The highest BCUT2D eigenvalue weighted by molar-refractivity contribution is 8.07. The van der Waals surface area contributed by atoms with Crippen LogP contribution in [0.1, 0.15) is 15.2 Å². The molecule has 0 N–H and O–H groups in total. The molecule has 2 aromatic rings. The van der Waals surface area contributed by atoms with Crippen LogP contribution in [0.15, 0.2) is 35.7 Å². The van der Waals surface area contributed by atoms with Crippen LogP contribution >= 0.6 is 24.0 Å². The Kier molecular flexibility index (Phi) is 3.54. The van der Waals surface area contributed by atoms with E-state index in [1.165, 1.54) is 35.6 Å². The van der Waals surface area contributed by atoms with Crippen LogP contribution < -0.4 is 4.31 Å². The van der Waals surface area contributed by atoms with Crippen molar-refractivity contribution in [3.63, 3.8) is 0 Å². The van der Waals surface area contributed by atoms with Gasteiger partial charge in [0.1, 0.15) is 5.82 Å². The molecular formula is C13H10FNO3S3. The third kappa shape index (κ3) is 2.37. The van der Waals surface area contributed by atoms with Gasteiger partial charge in [0.2, 0.25) is 5.78 Å². The number of benzene rings is 1. The number of hydrogen-bond donors (Lipinski definition) is 1. The second kappa shape index (κ2) is 5.11. The molecule has 0 spiro atoms. The highest BCUT2D eigenvalue weighted by Gasteiger charge is 2.43. The van der Waals surface area contributed by atoms with Crippen molar-refractivity contribution < 1.29 is 17.6 Å². The molecule has 0 amide bonds. The zero-order valence-electron chi connectivity index (χ0n) is 10.6. The molecule has 2 heterocycles. The molecule has 0 unspecified atom stereocenters. The van der Waals surface area contributed by atoms with Crippen LogP contribution in [0, 0.1) is 5.82 Å². The van der Waals surface area contributed by atoms with Gasteiger partial charge in [-0.25, -0.2) is 12.8 Å². The molecule has 1 aliphatic rings. The first-order chi connectivity index (χ1) is 9.91. The molecule has 3 rings (SSSR count). The van der Waals surface area contributed by atoms with Gasteiger partial charge in [-0.2, -0.15) is 0 Å². The summed E-state index contributed by atoms with van der Waals surface area (Å²) in [7, 11) is -3.88. The van der Waals surface area contributed by atoms with Crippen LogP contribution in [0.5, 0.6) is 0 Å². The van der Waals surface area contributed by atoms with Crippen molar-refractivity contribution in [1.29, 1.82) is 0 Å². The van der Waals surface area contributed by atoms with E-state index < -0.39 is 26.2 Å². The van der Waals surface area contributed by atoms with Gasteiger partial charge in [-0.3, -0.25) is 9.10 Å². The maximum atomic E-state index is 12.9. The number of thiophene rings is 1. The van der Waals surface area contributed by atoms with Gasteiger partial charge >= 0.3 is 0 Å². The number of Topliss-reactive ketones (excluding diaryl/α,β-unsaturated/α-hetero) is 1. The minimum atomic E-state index is -3.88. The van der Waals surface area contributed by atoms with Crippen molar-refractivity contribution in [2.75, 3.05) is 4.31 Å². The minimum absolute atomic E-state index is 0.0384. The molecule has 0 saturated heterocycles. The Morgan fingerprint density at radius 1 is 1.24 bits per heavy atom. The summed E-state index contributed by atoms with van der Waals surface area (Å²) in [5.74, 6) is -0.891. The predicted molar refractivity (Wildman–Crippen MR) is 82.9 cm³/mol. The monoisotopic (exact) mass is 343 g/mol. The molecule has 1 aliphatic heterocycles. The number of fused-ring (bicyclic) bond motifs is 1. The summed E-state index contributed by atoms with van der Waals surface area (Å²) in [6.07, 6.45) is 0. The van der Waals surface area contributed by atoms with Crippen LogP contribution in [0.2, 0.25) is 0 Å². The molecule has 4 nitrogen and oxygen atoms in total. The maximum absolute atomic E-state index is 12.9. The highest BCUT2D eigenvalue weighted by Crippen LogP contribution is 2.38. The molecule has 8 heteroatoms. The molecule has 0 aliphatic carbocycles. The van der Waals surface area contributed by atoms with E-state index in [0.29, 0.717) is 16.1 Å². The molecule has 1 aromatic heterocycles. The molecule has 21 heavy (non-hydrogen) atoms. The third-order valence-electron chi connectivity index (χ3n) is 3.19. The Bertz CT molecular complexity index is 798. The molecule has 1 atom stereocenters. The number of hydrogen-bond acceptors (Lipinski definition) is 5. The number of halogens is 1. The summed E-state index contributed by atoms with van der Waals surface area (Å²) in [6, 6.07) is 7.16. The Morgan fingerprint density at radius 3 is 2.57 bits per heavy atom. The van der Waals surface area contributed by atoms with Gasteiger partial charge in [-0.05, 0) is 29.1 Å². The first kappa shape index (κ1) is 14.6. The maximum Gasteiger partial charge on any atom is 0.255 e. The smallest absolute Gasteiger partial charge is 0.255 e. The lowest BCUT2D eigenvalue weighted by molar-refractivity contribution is 0.101. The van der Waals surface area contributed by atoms with Crippen LogP contribution in [0.4, 0.5) is 10.1 Å². The first-order valence-corrected chi connectivity index (χ1v) is 8.87. The fourth-order valence-electron chi connectivity index (χ4n) is 2.12. The number of rotatable bonds is 2. The Hall–Kier alpha value is -1.38. The van der Waals surface area contributed by atoms with Crippen molar-refractivity contribution in [2.45, 2.75) is 11.1 Å². The number of sulfonamides is 1. The van der Waals surface area contributed by atoms with Gasteiger partial charge in [0.05, 0.1) is 17.1 Å². The van der Waals surface area contributed by atoms with E-state index in [-0.39, 0.29) is 6.54 Å². The topological polar surface area (TPSA) is 54.5 Å². The highest BCUT2D eigenvalue weighted by atomic mass is 32.3. The van der Waals surface area contributed by atoms with Crippen molar-refractivity contribution in [1.82, 2.24) is 0 Å². The standard InChI is InChI=1S/C13H10FNO3S3/c14-9-3-1-8(2-4-9)7-15-10-5-6-20-12(10)11(16)13(19)21(15,17)18/h1-6,13,19H,7H2/t13-/m1/s1. The van der Waals surface area contributed by atoms with Gasteiger partial charge in [-0.15, -0.1) is 24.0 Å². The van der Waals surface area contributed by atoms with Crippen LogP contribution in [0.3, 0.4) is 0 Å². The summed E-state index contributed by atoms with van der Waals surface area (Å²) in [6.45, 7) is 0.0384. The Morgan fingerprint density at radius 2 is 1.90 bits per heavy atom. The van der Waals surface area contributed by atoms with Crippen molar-refractivity contribution in [2.24, 2.45) is 0 Å². The van der Waals surface area contributed by atoms with Gasteiger partial charge in [0, 0.05) is 0 Å². The van der Waals surface area contributed by atoms with E-state index in [1.54, 1.807) is 11.4 Å².